The van der Waals surface area contributed by atoms with Crippen molar-refractivity contribution in [2.24, 2.45) is 0 Å². The van der Waals surface area contributed by atoms with Crippen LogP contribution in [-0.4, -0.2) is 30.0 Å². The Morgan fingerprint density at radius 2 is 2.11 bits per heavy atom. The van der Waals surface area contributed by atoms with E-state index < -0.39 is 0 Å². The average molecular weight is 299 g/mol. The molecule has 0 aliphatic carbocycles. The zero-order chi connectivity index (χ0) is 14.0. The van der Waals surface area contributed by atoms with Gasteiger partial charge in [0.1, 0.15) is 0 Å². The van der Waals surface area contributed by atoms with Gasteiger partial charge in [-0.15, -0.1) is 11.3 Å². The molecule has 0 fully saturated rings. The lowest BCUT2D eigenvalue weighted by molar-refractivity contribution is 0.103. The molecule has 7 heteroatoms. The molecule has 2 aromatic rings. The molecule has 0 N–H and O–H groups in total. The van der Waals surface area contributed by atoms with Crippen LogP contribution in [0.2, 0.25) is 5.02 Å². The summed E-state index contributed by atoms with van der Waals surface area (Å²) in [4.78, 5) is 20.8. The van der Waals surface area contributed by atoms with Gasteiger partial charge in [0, 0.05) is 0 Å². The zero-order valence-electron chi connectivity index (χ0n) is 10.6. The van der Waals surface area contributed by atoms with Gasteiger partial charge < -0.3 is 9.47 Å². The number of ether oxygens (including phenoxy) is 2. The maximum absolute atomic E-state index is 12.4. The summed E-state index contributed by atoms with van der Waals surface area (Å²) in [5, 5.41) is 2.26. The normalized spacial score (nSPS) is 10.3. The molecule has 0 bridgehead atoms. The first kappa shape index (κ1) is 13.8. The molecule has 0 saturated carbocycles. The van der Waals surface area contributed by atoms with E-state index >= 15 is 0 Å². The van der Waals surface area contributed by atoms with E-state index in [-0.39, 0.29) is 23.2 Å². The molecule has 0 aliphatic heterocycles. The third kappa shape index (κ3) is 2.54. The zero-order valence-corrected chi connectivity index (χ0v) is 12.1. The second-order valence-electron chi connectivity index (χ2n) is 3.66. The van der Waals surface area contributed by atoms with Crippen molar-refractivity contribution >= 4 is 28.7 Å². The van der Waals surface area contributed by atoms with Crippen molar-refractivity contribution in [2.75, 3.05) is 14.2 Å². The molecule has 2 heterocycles. The first-order chi connectivity index (χ1) is 9.08. The minimum atomic E-state index is -0.310. The summed E-state index contributed by atoms with van der Waals surface area (Å²) in [6.45, 7) is 1.84. The van der Waals surface area contributed by atoms with Gasteiger partial charge >= 0.3 is 0 Å². The van der Waals surface area contributed by atoms with Gasteiger partial charge in [0.15, 0.2) is 5.69 Å². The Balaban J connectivity index is 2.47. The minimum absolute atomic E-state index is 0.117. The van der Waals surface area contributed by atoms with Gasteiger partial charge in [-0.1, -0.05) is 11.6 Å². The van der Waals surface area contributed by atoms with Crippen molar-refractivity contribution in [3.05, 3.63) is 32.7 Å². The highest BCUT2D eigenvalue weighted by Gasteiger charge is 2.23. The summed E-state index contributed by atoms with van der Waals surface area (Å²) < 4.78 is 10.0. The maximum Gasteiger partial charge on any atom is 0.247 e. The maximum atomic E-state index is 12.4. The van der Waals surface area contributed by atoms with Gasteiger partial charge in [-0.25, -0.2) is 4.98 Å². The smallest absolute Gasteiger partial charge is 0.247 e. The molecular formula is C12H11ClN2O3S. The number of hydrogen-bond donors (Lipinski definition) is 0. The number of ketones is 1. The molecular weight excluding hydrogens is 288 g/mol. The van der Waals surface area contributed by atoms with Crippen LogP contribution in [0.5, 0.6) is 11.8 Å². The van der Waals surface area contributed by atoms with Gasteiger partial charge in [0.05, 0.1) is 30.3 Å². The summed E-state index contributed by atoms with van der Waals surface area (Å²) in [6, 6.07) is 0. The monoisotopic (exact) mass is 298 g/mol. The second-order valence-corrected chi connectivity index (χ2v) is 4.92. The highest BCUT2D eigenvalue weighted by atomic mass is 35.5. The molecule has 0 radical (unpaired) electrons. The second kappa shape index (κ2) is 5.54. The third-order valence-corrected chi connectivity index (χ3v) is 4.14. The van der Waals surface area contributed by atoms with Gasteiger partial charge in [-0.05, 0) is 17.9 Å². The number of aromatic nitrogens is 2. The first-order valence-corrected chi connectivity index (χ1v) is 6.57. The fourth-order valence-corrected chi connectivity index (χ4v) is 2.66. The van der Waals surface area contributed by atoms with Crippen LogP contribution in [0.4, 0.5) is 0 Å². The molecule has 2 rings (SSSR count). The molecule has 0 aliphatic rings. The van der Waals surface area contributed by atoms with E-state index in [2.05, 4.69) is 9.97 Å². The summed E-state index contributed by atoms with van der Waals surface area (Å²) in [7, 11) is 2.88. The number of methoxy groups -OCH3 is 2. The Morgan fingerprint density at radius 3 is 2.63 bits per heavy atom. The lowest BCUT2D eigenvalue weighted by Gasteiger charge is -2.06. The topological polar surface area (TPSA) is 61.3 Å². The highest BCUT2D eigenvalue weighted by Crippen LogP contribution is 2.30. The standard InChI is InChI=1S/C12H11ClN2O3S/c1-6-5-19-11(8(6)13)10(16)9-12(18-3)15-7(17-2)4-14-9/h4-5H,1-3H3. The number of carbonyl (C=O) groups is 1. The van der Waals surface area contributed by atoms with E-state index in [1.807, 2.05) is 12.3 Å². The minimum Gasteiger partial charge on any atom is -0.480 e. The number of hydrogen-bond acceptors (Lipinski definition) is 6. The van der Waals surface area contributed by atoms with Crippen LogP contribution in [0, 0.1) is 6.92 Å². The number of halogens is 1. The van der Waals surface area contributed by atoms with Crippen molar-refractivity contribution in [1.82, 2.24) is 9.97 Å². The SMILES string of the molecule is COc1cnc(C(=O)c2scc(C)c2Cl)c(OC)n1. The predicted octanol–water partition coefficient (Wildman–Crippen LogP) is 2.75. The van der Waals surface area contributed by atoms with Crippen molar-refractivity contribution in [1.29, 1.82) is 0 Å². The molecule has 100 valence electrons. The van der Waals surface area contributed by atoms with E-state index in [4.69, 9.17) is 21.1 Å². The molecule has 0 spiro atoms. The Hall–Kier alpha value is -1.66. The van der Waals surface area contributed by atoms with Gasteiger partial charge in [-0.2, -0.15) is 4.98 Å². The fraction of sp³-hybridized carbons (Fsp3) is 0.250. The summed E-state index contributed by atoms with van der Waals surface area (Å²) >= 11 is 7.36. The quantitative estimate of drug-likeness (QED) is 0.812. The summed E-state index contributed by atoms with van der Waals surface area (Å²) in [6.07, 6.45) is 1.37. The van der Waals surface area contributed by atoms with Gasteiger partial charge in [-0.3, -0.25) is 4.79 Å². The largest absolute Gasteiger partial charge is 0.480 e. The van der Waals surface area contributed by atoms with Crippen LogP contribution in [0.15, 0.2) is 11.6 Å². The van der Waals surface area contributed by atoms with Crippen LogP contribution in [0.25, 0.3) is 0 Å². The van der Waals surface area contributed by atoms with E-state index in [0.717, 1.165) is 5.56 Å². The number of nitrogens with zero attached hydrogens (tertiary/aromatic N) is 2. The summed E-state index contributed by atoms with van der Waals surface area (Å²) in [5.41, 5.74) is 0.975. The molecule has 0 unspecified atom stereocenters. The van der Waals surface area contributed by atoms with Gasteiger partial charge in [0.2, 0.25) is 17.5 Å². The van der Waals surface area contributed by atoms with E-state index in [0.29, 0.717) is 9.90 Å². The molecule has 5 nitrogen and oxygen atoms in total. The lowest BCUT2D eigenvalue weighted by Crippen LogP contribution is -2.08. The Morgan fingerprint density at radius 1 is 1.37 bits per heavy atom. The molecule has 19 heavy (non-hydrogen) atoms. The van der Waals surface area contributed by atoms with Crippen LogP contribution >= 0.6 is 22.9 Å². The predicted molar refractivity (Wildman–Crippen MR) is 72.6 cm³/mol. The van der Waals surface area contributed by atoms with E-state index in [9.17, 15) is 4.79 Å². The van der Waals surface area contributed by atoms with Crippen molar-refractivity contribution in [2.45, 2.75) is 6.92 Å². The van der Waals surface area contributed by atoms with E-state index in [1.54, 1.807) is 0 Å². The van der Waals surface area contributed by atoms with Crippen molar-refractivity contribution in [3.63, 3.8) is 0 Å². The molecule has 2 aromatic heterocycles. The number of thiophene rings is 1. The molecule has 0 aromatic carbocycles. The number of carbonyl (C=O) groups excluding carboxylic acids is 1. The number of aryl methyl sites for hydroxylation is 1. The Labute approximate surface area is 119 Å². The lowest BCUT2D eigenvalue weighted by atomic mass is 10.2. The molecule has 0 amide bonds. The molecule has 0 atom stereocenters. The van der Waals surface area contributed by atoms with E-state index in [1.165, 1.54) is 31.8 Å². The van der Waals surface area contributed by atoms with Crippen LogP contribution < -0.4 is 9.47 Å². The molecule has 0 saturated heterocycles. The van der Waals surface area contributed by atoms with Crippen molar-refractivity contribution in [3.8, 4) is 11.8 Å². The number of rotatable bonds is 4. The third-order valence-electron chi connectivity index (χ3n) is 2.44. The van der Waals surface area contributed by atoms with Crippen molar-refractivity contribution < 1.29 is 14.3 Å². The van der Waals surface area contributed by atoms with Crippen LogP contribution in [0.1, 0.15) is 20.9 Å². The Bertz CT molecular complexity index is 627. The first-order valence-electron chi connectivity index (χ1n) is 5.31. The highest BCUT2D eigenvalue weighted by molar-refractivity contribution is 7.13. The van der Waals surface area contributed by atoms with Crippen LogP contribution in [-0.2, 0) is 0 Å². The summed E-state index contributed by atoms with van der Waals surface area (Å²) in [5.74, 6) is 0.0865. The Kier molecular flexibility index (Phi) is 4.01. The average Bonchev–Trinajstić information content (AvgIpc) is 2.77. The fourth-order valence-electron chi connectivity index (χ4n) is 1.44. The van der Waals surface area contributed by atoms with Crippen LogP contribution in [0.3, 0.4) is 0 Å². The van der Waals surface area contributed by atoms with Gasteiger partial charge in [0.25, 0.3) is 0 Å².